The molecule has 0 aliphatic carbocycles. The highest BCUT2D eigenvalue weighted by molar-refractivity contribution is 5.68. The normalized spacial score (nSPS) is 10.2. The van der Waals surface area contributed by atoms with Crippen LogP contribution in [-0.2, 0) is 0 Å². The van der Waals surface area contributed by atoms with E-state index in [-0.39, 0.29) is 0 Å². The van der Waals surface area contributed by atoms with Crippen molar-refractivity contribution in [3.63, 3.8) is 0 Å². The van der Waals surface area contributed by atoms with Gasteiger partial charge in [0, 0.05) is 36.2 Å². The number of anilines is 4. The van der Waals surface area contributed by atoms with Gasteiger partial charge < -0.3 is 20.7 Å². The van der Waals surface area contributed by atoms with Crippen molar-refractivity contribution in [3.8, 4) is 5.75 Å². The Morgan fingerprint density at radius 2 is 1.62 bits per heavy atom. The van der Waals surface area contributed by atoms with E-state index in [1.807, 2.05) is 18.2 Å². The lowest BCUT2D eigenvalue weighted by molar-refractivity contribution is 0.417. The largest absolute Gasteiger partial charge is 0.495 e. The van der Waals surface area contributed by atoms with Crippen LogP contribution < -0.4 is 20.7 Å². The van der Waals surface area contributed by atoms with Gasteiger partial charge in [-0.05, 0) is 50.2 Å². The highest BCUT2D eigenvalue weighted by atomic mass is 16.5. The fraction of sp³-hybridized carbons (Fsp3) is 0.294. The number of hydrogen-bond acceptors (Lipinski definition) is 4. The molecule has 0 atom stereocenters. The van der Waals surface area contributed by atoms with Gasteiger partial charge in [-0.1, -0.05) is 0 Å². The molecule has 2 rings (SSSR count). The summed E-state index contributed by atoms with van der Waals surface area (Å²) in [6, 6.07) is 14.1. The molecule has 0 saturated carbocycles. The van der Waals surface area contributed by atoms with Crippen LogP contribution in [0.4, 0.5) is 22.7 Å². The predicted molar refractivity (Wildman–Crippen MR) is 90.7 cm³/mol. The van der Waals surface area contributed by atoms with Crippen LogP contribution in [0.5, 0.6) is 5.75 Å². The van der Waals surface area contributed by atoms with Gasteiger partial charge in [0.05, 0.1) is 12.8 Å². The summed E-state index contributed by atoms with van der Waals surface area (Å²) in [6.07, 6.45) is 0. The molecule has 0 bridgehead atoms. The molecule has 0 saturated heterocycles. The quantitative estimate of drug-likeness (QED) is 0.791. The van der Waals surface area contributed by atoms with Crippen LogP contribution in [0.2, 0.25) is 0 Å². The van der Waals surface area contributed by atoms with Gasteiger partial charge in [-0.2, -0.15) is 0 Å². The molecule has 0 spiro atoms. The van der Waals surface area contributed by atoms with Gasteiger partial charge in [0.1, 0.15) is 5.75 Å². The monoisotopic (exact) mass is 285 g/mol. The Morgan fingerprint density at radius 3 is 2.19 bits per heavy atom. The van der Waals surface area contributed by atoms with E-state index in [4.69, 9.17) is 10.5 Å². The molecule has 4 nitrogen and oxygen atoms in total. The van der Waals surface area contributed by atoms with Crippen molar-refractivity contribution in [2.24, 2.45) is 0 Å². The van der Waals surface area contributed by atoms with Crippen molar-refractivity contribution in [3.05, 3.63) is 42.5 Å². The van der Waals surface area contributed by atoms with Crippen LogP contribution in [0.15, 0.2) is 42.5 Å². The number of nitrogens with zero attached hydrogens (tertiary/aromatic N) is 1. The molecule has 0 unspecified atom stereocenters. The Labute approximate surface area is 126 Å². The number of rotatable bonds is 6. The second-order valence-corrected chi connectivity index (χ2v) is 4.80. The van der Waals surface area contributed by atoms with Gasteiger partial charge in [-0.25, -0.2) is 0 Å². The SMILES string of the molecule is CCN(CC)c1ccc(Nc2ccc(N)c(OC)c2)cc1. The first-order valence-corrected chi connectivity index (χ1v) is 7.23. The van der Waals surface area contributed by atoms with E-state index < -0.39 is 0 Å². The van der Waals surface area contributed by atoms with Crippen molar-refractivity contribution in [1.29, 1.82) is 0 Å². The third kappa shape index (κ3) is 3.60. The van der Waals surface area contributed by atoms with Crippen molar-refractivity contribution < 1.29 is 4.74 Å². The molecule has 21 heavy (non-hydrogen) atoms. The Morgan fingerprint density at radius 1 is 1.00 bits per heavy atom. The number of nitrogens with two attached hydrogens (primary N) is 1. The predicted octanol–water partition coefficient (Wildman–Crippen LogP) is 3.87. The van der Waals surface area contributed by atoms with Gasteiger partial charge in [0.25, 0.3) is 0 Å². The molecular weight excluding hydrogens is 262 g/mol. The topological polar surface area (TPSA) is 50.5 Å². The van der Waals surface area contributed by atoms with Crippen LogP contribution in [-0.4, -0.2) is 20.2 Å². The minimum atomic E-state index is 0.639. The molecule has 3 N–H and O–H groups in total. The molecule has 0 fully saturated rings. The molecule has 112 valence electrons. The van der Waals surface area contributed by atoms with Crippen molar-refractivity contribution in [1.82, 2.24) is 0 Å². The highest BCUT2D eigenvalue weighted by Gasteiger charge is 2.03. The second-order valence-electron chi connectivity index (χ2n) is 4.80. The van der Waals surface area contributed by atoms with E-state index in [1.54, 1.807) is 7.11 Å². The standard InChI is InChI=1S/C17H23N3O/c1-4-20(5-2)15-9-6-13(7-10-15)19-14-8-11-16(18)17(12-14)21-3/h6-12,19H,4-5,18H2,1-3H3. The number of nitrogen functional groups attached to an aromatic ring is 1. The van der Waals surface area contributed by atoms with E-state index in [9.17, 15) is 0 Å². The smallest absolute Gasteiger partial charge is 0.143 e. The van der Waals surface area contributed by atoms with Gasteiger partial charge in [-0.3, -0.25) is 0 Å². The molecule has 0 aliphatic rings. The molecule has 0 amide bonds. The molecule has 2 aromatic rings. The first-order valence-electron chi connectivity index (χ1n) is 7.23. The highest BCUT2D eigenvalue weighted by Crippen LogP contribution is 2.27. The van der Waals surface area contributed by atoms with E-state index in [0.29, 0.717) is 11.4 Å². The summed E-state index contributed by atoms with van der Waals surface area (Å²) in [5.41, 5.74) is 9.69. The molecule has 2 aromatic carbocycles. The Bertz CT molecular complexity index is 577. The van der Waals surface area contributed by atoms with Crippen LogP contribution in [0, 0.1) is 0 Å². The number of benzene rings is 2. The summed E-state index contributed by atoms with van der Waals surface area (Å²) in [6.45, 7) is 6.35. The van der Waals surface area contributed by atoms with Crippen LogP contribution >= 0.6 is 0 Å². The van der Waals surface area contributed by atoms with Crippen molar-refractivity contribution >= 4 is 22.7 Å². The first-order chi connectivity index (χ1) is 10.2. The zero-order valence-corrected chi connectivity index (χ0v) is 12.9. The van der Waals surface area contributed by atoms with E-state index in [2.05, 4.69) is 48.3 Å². The zero-order chi connectivity index (χ0) is 15.2. The molecule has 0 aromatic heterocycles. The average molecular weight is 285 g/mol. The number of methoxy groups -OCH3 is 1. The average Bonchev–Trinajstić information content (AvgIpc) is 2.52. The van der Waals surface area contributed by atoms with Gasteiger partial charge in [0.15, 0.2) is 0 Å². The number of hydrogen-bond donors (Lipinski definition) is 2. The maximum atomic E-state index is 5.82. The second kappa shape index (κ2) is 6.88. The summed E-state index contributed by atoms with van der Waals surface area (Å²) >= 11 is 0. The number of nitrogens with one attached hydrogen (secondary N) is 1. The summed E-state index contributed by atoms with van der Waals surface area (Å²) in [4.78, 5) is 2.32. The van der Waals surface area contributed by atoms with Crippen LogP contribution in [0.1, 0.15) is 13.8 Å². The third-order valence-corrected chi connectivity index (χ3v) is 3.52. The molecular formula is C17H23N3O. The lowest BCUT2D eigenvalue weighted by Crippen LogP contribution is -2.21. The van der Waals surface area contributed by atoms with E-state index in [1.165, 1.54) is 5.69 Å². The minimum absolute atomic E-state index is 0.639. The lowest BCUT2D eigenvalue weighted by Gasteiger charge is -2.21. The van der Waals surface area contributed by atoms with E-state index in [0.717, 1.165) is 24.5 Å². The summed E-state index contributed by atoms with van der Waals surface area (Å²) < 4.78 is 5.23. The maximum Gasteiger partial charge on any atom is 0.143 e. The Hall–Kier alpha value is -2.36. The van der Waals surface area contributed by atoms with Gasteiger partial charge in [-0.15, -0.1) is 0 Å². The van der Waals surface area contributed by atoms with Crippen LogP contribution in [0.3, 0.4) is 0 Å². The zero-order valence-electron chi connectivity index (χ0n) is 12.9. The Kier molecular flexibility index (Phi) is 4.93. The third-order valence-electron chi connectivity index (χ3n) is 3.52. The van der Waals surface area contributed by atoms with Crippen LogP contribution in [0.25, 0.3) is 0 Å². The lowest BCUT2D eigenvalue weighted by atomic mass is 10.2. The molecule has 0 heterocycles. The van der Waals surface area contributed by atoms with E-state index >= 15 is 0 Å². The Balaban J connectivity index is 2.13. The fourth-order valence-corrected chi connectivity index (χ4v) is 2.30. The summed E-state index contributed by atoms with van der Waals surface area (Å²) in [5, 5.41) is 3.35. The fourth-order valence-electron chi connectivity index (χ4n) is 2.30. The first kappa shape index (κ1) is 15.0. The maximum absolute atomic E-state index is 5.82. The van der Waals surface area contributed by atoms with Crippen molar-refractivity contribution in [2.45, 2.75) is 13.8 Å². The molecule has 0 radical (unpaired) electrons. The summed E-state index contributed by atoms with van der Waals surface area (Å²) in [7, 11) is 1.62. The van der Waals surface area contributed by atoms with Gasteiger partial charge >= 0.3 is 0 Å². The number of ether oxygens (including phenoxy) is 1. The minimum Gasteiger partial charge on any atom is -0.495 e. The molecule has 0 aliphatic heterocycles. The van der Waals surface area contributed by atoms with Gasteiger partial charge in [0.2, 0.25) is 0 Å². The summed E-state index contributed by atoms with van der Waals surface area (Å²) in [5.74, 6) is 0.680. The molecule has 4 heteroatoms. The van der Waals surface area contributed by atoms with Crippen molar-refractivity contribution in [2.75, 3.05) is 36.1 Å².